The summed E-state index contributed by atoms with van der Waals surface area (Å²) >= 11 is 0. The molecule has 8 aromatic rings. The Morgan fingerprint density at radius 2 is 1.10 bits per heavy atom. The predicted molar refractivity (Wildman–Crippen MR) is 286 cm³/mol. The van der Waals surface area contributed by atoms with Crippen molar-refractivity contribution in [1.29, 1.82) is 0 Å². The smallest absolute Gasteiger partial charge is 0.149 e. The Kier molecular flexibility index (Phi) is 9.74. The van der Waals surface area contributed by atoms with E-state index in [2.05, 4.69) is 199 Å². The molecule has 0 amide bonds. The summed E-state index contributed by atoms with van der Waals surface area (Å²) in [7, 11) is 0. The predicted octanol–water partition coefficient (Wildman–Crippen LogP) is 17.3. The SMILES string of the molecule is [2H]c1c([2H])c(C([2H])([2H])[2H])c([2H])c([2H])c1-c1ccnc(-c2cc(-c3cccc4c3nc(-c3cc(C(C)(C)C)cc(C(C)(C)C)c3O)n4-c3cc(C(C)(C)C)ccc3-c3ccc(C(C)(C)C)cc3)cc(C(C)(C)C)c2)c1. The van der Waals surface area contributed by atoms with Gasteiger partial charge in [-0.25, -0.2) is 4.98 Å². The summed E-state index contributed by atoms with van der Waals surface area (Å²) in [6.45, 7) is 29.9. The molecule has 4 nitrogen and oxygen atoms in total. The number of hydrogen-bond acceptors (Lipinski definition) is 3. The lowest BCUT2D eigenvalue weighted by Crippen LogP contribution is -2.17. The van der Waals surface area contributed by atoms with E-state index in [1.807, 2.05) is 0 Å². The van der Waals surface area contributed by atoms with Crippen LogP contribution in [0, 0.1) is 6.85 Å². The normalized spacial score (nSPS) is 14.5. The van der Waals surface area contributed by atoms with Crippen molar-refractivity contribution in [1.82, 2.24) is 14.5 Å². The molecule has 0 aliphatic heterocycles. The first-order valence-electron chi connectivity index (χ1n) is 27.0. The van der Waals surface area contributed by atoms with Crippen LogP contribution in [0.1, 0.15) is 147 Å². The van der Waals surface area contributed by atoms with E-state index in [0.29, 0.717) is 22.6 Å². The number of fused-ring (bicyclic) bond motifs is 1. The summed E-state index contributed by atoms with van der Waals surface area (Å²) in [5, 5.41) is 12.7. The van der Waals surface area contributed by atoms with Crippen molar-refractivity contribution in [2.24, 2.45) is 0 Å². The third-order valence-corrected chi connectivity index (χ3v) is 13.0. The number of aromatic nitrogens is 3. The van der Waals surface area contributed by atoms with Crippen molar-refractivity contribution in [3.8, 4) is 67.5 Å². The van der Waals surface area contributed by atoms with Crippen LogP contribution >= 0.6 is 0 Å². The lowest BCUT2D eigenvalue weighted by molar-refractivity contribution is 0.446. The summed E-state index contributed by atoms with van der Waals surface area (Å²) in [6, 6.07) is 33.8. The molecule has 344 valence electrons. The van der Waals surface area contributed by atoms with Gasteiger partial charge in [0.15, 0.2) is 0 Å². The zero-order valence-electron chi connectivity index (χ0n) is 49.2. The van der Waals surface area contributed by atoms with Gasteiger partial charge in [0.05, 0.1) is 33.5 Å². The summed E-state index contributed by atoms with van der Waals surface area (Å²) < 4.78 is 61.1. The molecule has 2 aromatic heterocycles. The first-order chi connectivity index (χ1) is 34.1. The van der Waals surface area contributed by atoms with Gasteiger partial charge in [-0.05, 0) is 121 Å². The minimum atomic E-state index is -2.83. The Balaban J connectivity index is 1.46. The van der Waals surface area contributed by atoms with Gasteiger partial charge in [-0.15, -0.1) is 0 Å². The number of pyridine rings is 1. The van der Waals surface area contributed by atoms with Gasteiger partial charge < -0.3 is 5.11 Å². The van der Waals surface area contributed by atoms with Gasteiger partial charge >= 0.3 is 0 Å². The summed E-state index contributed by atoms with van der Waals surface area (Å²) in [5.74, 6) is 0.788. The zero-order valence-corrected chi connectivity index (χ0v) is 42.2. The van der Waals surface area contributed by atoms with E-state index in [4.69, 9.17) is 19.6 Å². The van der Waals surface area contributed by atoms with E-state index in [1.54, 1.807) is 18.3 Å². The number of phenols is 1. The Labute approximate surface area is 411 Å². The molecule has 6 aromatic carbocycles. The van der Waals surface area contributed by atoms with E-state index >= 15 is 0 Å². The number of rotatable bonds is 6. The van der Waals surface area contributed by atoms with Gasteiger partial charge in [-0.1, -0.05) is 194 Å². The monoisotopic (exact) mass is 893 g/mol. The van der Waals surface area contributed by atoms with Crippen LogP contribution in [0.2, 0.25) is 0 Å². The molecule has 8 rings (SSSR count). The second-order valence-electron chi connectivity index (χ2n) is 23.4. The van der Waals surface area contributed by atoms with Crippen LogP contribution in [0.25, 0.3) is 72.7 Å². The van der Waals surface area contributed by atoms with Crippen molar-refractivity contribution in [3.05, 3.63) is 167 Å². The van der Waals surface area contributed by atoms with Crippen LogP contribution in [0.4, 0.5) is 0 Å². The van der Waals surface area contributed by atoms with Gasteiger partial charge in [0, 0.05) is 32.6 Å². The Bertz CT molecular complexity index is 3470. The van der Waals surface area contributed by atoms with E-state index in [1.165, 1.54) is 5.56 Å². The highest BCUT2D eigenvalue weighted by Crippen LogP contribution is 2.46. The van der Waals surface area contributed by atoms with E-state index < -0.39 is 42.0 Å². The number of nitrogens with zero attached hydrogens (tertiary/aromatic N) is 3. The third-order valence-electron chi connectivity index (χ3n) is 13.0. The molecule has 0 unspecified atom stereocenters. The molecular formula is C63H71N3O. The molecule has 4 heteroatoms. The van der Waals surface area contributed by atoms with Crippen LogP contribution in [0.15, 0.2) is 133 Å². The molecule has 0 saturated carbocycles. The van der Waals surface area contributed by atoms with Gasteiger partial charge in [0.25, 0.3) is 0 Å². The lowest BCUT2D eigenvalue weighted by Gasteiger charge is -2.28. The van der Waals surface area contributed by atoms with E-state index in [-0.39, 0.29) is 33.0 Å². The van der Waals surface area contributed by atoms with Crippen molar-refractivity contribution in [2.75, 3.05) is 0 Å². The second-order valence-corrected chi connectivity index (χ2v) is 23.4. The highest BCUT2D eigenvalue weighted by molar-refractivity contribution is 5.98. The largest absolute Gasteiger partial charge is 0.507 e. The number of aromatic hydroxyl groups is 1. The van der Waals surface area contributed by atoms with Gasteiger partial charge in [-0.2, -0.15) is 0 Å². The van der Waals surface area contributed by atoms with Gasteiger partial charge in [-0.3, -0.25) is 9.55 Å². The van der Waals surface area contributed by atoms with Crippen LogP contribution in [-0.2, 0) is 27.1 Å². The molecule has 1 N–H and O–H groups in total. The number of benzene rings is 6. The van der Waals surface area contributed by atoms with Crippen molar-refractivity contribution in [2.45, 2.75) is 138 Å². The maximum Gasteiger partial charge on any atom is 0.149 e. The fourth-order valence-corrected chi connectivity index (χ4v) is 8.71. The molecule has 0 spiro atoms. The molecule has 2 heterocycles. The number of phenolic OH excluding ortho intramolecular Hbond substituents is 1. The van der Waals surface area contributed by atoms with Crippen LogP contribution in [0.5, 0.6) is 5.75 Å². The Hall–Kier alpha value is -6.26. The topological polar surface area (TPSA) is 50.9 Å². The summed E-state index contributed by atoms with van der Waals surface area (Å²) in [4.78, 5) is 10.5. The molecular weight excluding hydrogens is 815 g/mol. The molecule has 0 radical (unpaired) electrons. The van der Waals surface area contributed by atoms with Gasteiger partial charge in [0.2, 0.25) is 0 Å². The molecule has 0 fully saturated rings. The molecule has 0 aliphatic rings. The fourth-order valence-electron chi connectivity index (χ4n) is 8.71. The number of hydrogen-bond donors (Lipinski definition) is 1. The Morgan fingerprint density at radius 1 is 0.493 bits per heavy atom. The van der Waals surface area contributed by atoms with E-state index in [9.17, 15) is 5.11 Å². The average molecular weight is 893 g/mol. The molecule has 0 saturated heterocycles. The summed E-state index contributed by atoms with van der Waals surface area (Å²) in [5.41, 5.74) is 12.1. The molecule has 0 atom stereocenters. The third kappa shape index (κ3) is 9.51. The lowest BCUT2D eigenvalue weighted by atomic mass is 9.79. The first-order valence-corrected chi connectivity index (χ1v) is 23.5. The fraction of sp³-hybridized carbons (Fsp3) is 0.333. The maximum atomic E-state index is 12.7. The average Bonchev–Trinajstić information content (AvgIpc) is 3.68. The number of imidazole rings is 1. The molecule has 67 heavy (non-hydrogen) atoms. The van der Waals surface area contributed by atoms with Crippen molar-refractivity contribution in [3.63, 3.8) is 0 Å². The standard InChI is InChI=1S/C63H71N3O/c1-39-20-22-40(23-21-39)42-30-31-64-53(35-42)44-32-43(33-47(34-44)61(8,9)10)50-18-17-19-54-56(50)65-58(51-36-48(62(11,12)13)37-52(57(51)67)63(14,15)16)66(54)55-38-46(60(5,6)7)28-29-49(55)41-24-26-45(27-25-41)59(2,3)4/h17-38,67H,1-16H3/i1D3,20D,21D,22D,23D. The zero-order chi connectivity index (χ0) is 54.6. The van der Waals surface area contributed by atoms with Crippen LogP contribution in [-0.4, -0.2) is 19.6 Å². The highest BCUT2D eigenvalue weighted by Gasteiger charge is 2.30. The van der Waals surface area contributed by atoms with Crippen LogP contribution < -0.4 is 0 Å². The number of para-hydroxylation sites is 1. The van der Waals surface area contributed by atoms with Gasteiger partial charge in [0.1, 0.15) is 11.6 Å². The minimum Gasteiger partial charge on any atom is -0.507 e. The first kappa shape index (κ1) is 38.8. The minimum absolute atomic E-state index is 0.000122. The van der Waals surface area contributed by atoms with Crippen molar-refractivity contribution >= 4 is 11.0 Å². The quantitative estimate of drug-likeness (QED) is 0.181. The van der Waals surface area contributed by atoms with Crippen LogP contribution in [0.3, 0.4) is 0 Å². The highest BCUT2D eigenvalue weighted by atomic mass is 16.3. The van der Waals surface area contributed by atoms with Crippen molar-refractivity contribution < 1.29 is 14.7 Å². The summed E-state index contributed by atoms with van der Waals surface area (Å²) in [6.07, 6.45) is 1.58. The maximum absolute atomic E-state index is 12.7. The molecule has 0 bridgehead atoms. The second kappa shape index (κ2) is 16.8. The van der Waals surface area contributed by atoms with E-state index in [0.717, 1.165) is 66.8 Å². The Morgan fingerprint density at radius 3 is 1.72 bits per heavy atom. The molecule has 0 aliphatic carbocycles.